The zero-order valence-electron chi connectivity index (χ0n) is 20.7. The molecular formula is C26H36N6O3. The number of hydrogen-bond donors (Lipinski definition) is 3. The van der Waals surface area contributed by atoms with Gasteiger partial charge in [-0.3, -0.25) is 4.79 Å². The van der Waals surface area contributed by atoms with Gasteiger partial charge in [0.25, 0.3) is 5.91 Å². The number of anilines is 4. The summed E-state index contributed by atoms with van der Waals surface area (Å²) in [6.07, 6.45) is 4.91. The highest BCUT2D eigenvalue weighted by Crippen LogP contribution is 2.54. The number of nitrogens with zero attached hydrogens (tertiary/aromatic N) is 4. The Hall–Kier alpha value is -2.91. The molecule has 35 heavy (non-hydrogen) atoms. The van der Waals surface area contributed by atoms with Crippen LogP contribution in [-0.2, 0) is 4.74 Å². The van der Waals surface area contributed by atoms with Crippen LogP contribution in [0, 0.1) is 5.41 Å². The topological polar surface area (TPSA) is 103 Å². The Morgan fingerprint density at radius 2 is 1.74 bits per heavy atom. The number of nitrogens with one attached hydrogen (secondary N) is 2. The molecule has 0 radical (unpaired) electrons. The summed E-state index contributed by atoms with van der Waals surface area (Å²) in [6.45, 7) is 8.52. The number of rotatable bonds is 7. The Morgan fingerprint density at radius 1 is 1.00 bits per heavy atom. The highest BCUT2D eigenvalue weighted by Gasteiger charge is 2.45. The maximum absolute atomic E-state index is 13.4. The number of ether oxygens (including phenoxy) is 1. The number of aliphatic hydroxyl groups excluding tert-OH is 1. The number of pyridine rings is 2. The van der Waals surface area contributed by atoms with Crippen LogP contribution in [0.15, 0.2) is 30.3 Å². The molecule has 9 heteroatoms. The quantitative estimate of drug-likeness (QED) is 0.556. The van der Waals surface area contributed by atoms with E-state index in [-0.39, 0.29) is 12.5 Å². The molecule has 0 atom stereocenters. The molecule has 1 aliphatic carbocycles. The van der Waals surface area contributed by atoms with Gasteiger partial charge in [0, 0.05) is 26.2 Å². The number of carbonyl (C=O) groups is 1. The molecule has 0 bridgehead atoms. The second-order valence-electron chi connectivity index (χ2n) is 10.7. The number of aliphatic hydroxyl groups is 1. The second kappa shape index (κ2) is 9.62. The van der Waals surface area contributed by atoms with E-state index in [1.807, 2.05) is 38.1 Å². The van der Waals surface area contributed by atoms with Crippen molar-refractivity contribution in [2.75, 3.05) is 66.4 Å². The van der Waals surface area contributed by atoms with Crippen LogP contribution in [0.2, 0.25) is 0 Å². The van der Waals surface area contributed by atoms with E-state index in [4.69, 9.17) is 9.72 Å². The van der Waals surface area contributed by atoms with Crippen molar-refractivity contribution >= 4 is 29.2 Å². The van der Waals surface area contributed by atoms with Crippen molar-refractivity contribution in [2.45, 2.75) is 45.1 Å². The fraction of sp³-hybridized carbons (Fsp3) is 0.577. The number of carbonyl (C=O) groups excluding carboxylic acids is 1. The Kier molecular flexibility index (Phi) is 6.55. The van der Waals surface area contributed by atoms with Gasteiger partial charge in [-0.1, -0.05) is 6.07 Å². The molecule has 5 rings (SSSR count). The maximum atomic E-state index is 13.4. The Morgan fingerprint density at radius 3 is 2.43 bits per heavy atom. The summed E-state index contributed by atoms with van der Waals surface area (Å²) in [5.74, 6) is 2.46. The van der Waals surface area contributed by atoms with Gasteiger partial charge in [0.05, 0.1) is 30.9 Å². The fourth-order valence-corrected chi connectivity index (χ4v) is 4.84. The molecule has 188 valence electrons. The van der Waals surface area contributed by atoms with Crippen LogP contribution in [0.1, 0.15) is 49.9 Å². The first-order valence-electron chi connectivity index (χ1n) is 12.6. The third-order valence-corrected chi connectivity index (χ3v) is 7.37. The standard InChI is InChI=1S/C26H36N6O3/c1-25(2,18-33)30-21-7-6-19(23(28-21)32-12-10-26(8-9-26)11-13-32)24(34)29-20-4-3-5-22(27-20)31-14-16-35-17-15-31/h3-7,33H,8-18H2,1-2H3,(H,28,30)(H,27,29,34). The van der Waals surface area contributed by atoms with Gasteiger partial charge < -0.3 is 30.3 Å². The van der Waals surface area contributed by atoms with Gasteiger partial charge in [0.1, 0.15) is 23.3 Å². The molecule has 2 aromatic heterocycles. The molecule has 9 nitrogen and oxygen atoms in total. The summed E-state index contributed by atoms with van der Waals surface area (Å²) in [7, 11) is 0. The zero-order valence-corrected chi connectivity index (χ0v) is 20.7. The van der Waals surface area contributed by atoms with E-state index in [1.54, 1.807) is 6.07 Å². The van der Waals surface area contributed by atoms with Crippen LogP contribution < -0.4 is 20.4 Å². The van der Waals surface area contributed by atoms with E-state index in [0.29, 0.717) is 41.6 Å². The smallest absolute Gasteiger partial charge is 0.260 e. The lowest BCUT2D eigenvalue weighted by molar-refractivity contribution is 0.102. The highest BCUT2D eigenvalue weighted by molar-refractivity contribution is 6.07. The lowest BCUT2D eigenvalue weighted by atomic mass is 9.93. The fourth-order valence-electron chi connectivity index (χ4n) is 4.84. The minimum Gasteiger partial charge on any atom is -0.394 e. The molecule has 1 spiro atoms. The first-order chi connectivity index (χ1) is 16.9. The van der Waals surface area contributed by atoms with Crippen molar-refractivity contribution in [3.05, 3.63) is 35.9 Å². The van der Waals surface area contributed by atoms with Crippen LogP contribution in [0.5, 0.6) is 0 Å². The summed E-state index contributed by atoms with van der Waals surface area (Å²) in [5.41, 5.74) is 0.540. The maximum Gasteiger partial charge on any atom is 0.260 e. The largest absolute Gasteiger partial charge is 0.394 e. The number of hydrogen-bond acceptors (Lipinski definition) is 8. The molecule has 2 aromatic rings. The van der Waals surface area contributed by atoms with Gasteiger partial charge in [-0.25, -0.2) is 9.97 Å². The van der Waals surface area contributed by atoms with E-state index < -0.39 is 5.54 Å². The van der Waals surface area contributed by atoms with E-state index >= 15 is 0 Å². The monoisotopic (exact) mass is 480 g/mol. The summed E-state index contributed by atoms with van der Waals surface area (Å²) >= 11 is 0. The van der Waals surface area contributed by atoms with Gasteiger partial charge in [-0.05, 0) is 69.2 Å². The summed E-state index contributed by atoms with van der Waals surface area (Å²) in [4.78, 5) is 27.4. The summed E-state index contributed by atoms with van der Waals surface area (Å²) in [6, 6.07) is 9.31. The Bertz CT molecular complexity index is 1050. The molecule has 1 saturated carbocycles. The van der Waals surface area contributed by atoms with Crippen molar-refractivity contribution in [3.8, 4) is 0 Å². The van der Waals surface area contributed by atoms with Gasteiger partial charge >= 0.3 is 0 Å². The van der Waals surface area contributed by atoms with Gasteiger partial charge in [0.15, 0.2) is 0 Å². The molecule has 4 heterocycles. The van der Waals surface area contributed by atoms with Crippen molar-refractivity contribution in [1.29, 1.82) is 0 Å². The zero-order chi connectivity index (χ0) is 24.5. The number of piperidine rings is 1. The minimum atomic E-state index is -0.516. The highest BCUT2D eigenvalue weighted by atomic mass is 16.5. The van der Waals surface area contributed by atoms with Crippen LogP contribution in [0.25, 0.3) is 0 Å². The van der Waals surface area contributed by atoms with Gasteiger partial charge in [-0.2, -0.15) is 0 Å². The van der Waals surface area contributed by atoms with E-state index in [9.17, 15) is 9.90 Å². The van der Waals surface area contributed by atoms with Crippen LogP contribution >= 0.6 is 0 Å². The molecule has 3 fully saturated rings. The van der Waals surface area contributed by atoms with Crippen molar-refractivity contribution in [2.24, 2.45) is 5.41 Å². The Labute approximate surface area is 206 Å². The van der Waals surface area contributed by atoms with Crippen molar-refractivity contribution in [1.82, 2.24) is 9.97 Å². The van der Waals surface area contributed by atoms with Gasteiger partial charge in [0.2, 0.25) is 0 Å². The normalized spacial score (nSPS) is 19.5. The first kappa shape index (κ1) is 23.8. The first-order valence-corrected chi connectivity index (χ1v) is 12.6. The molecular weight excluding hydrogens is 444 g/mol. The van der Waals surface area contributed by atoms with Crippen LogP contribution in [0.3, 0.4) is 0 Å². The lowest BCUT2D eigenvalue weighted by Crippen LogP contribution is -2.38. The van der Waals surface area contributed by atoms with Crippen LogP contribution in [-0.4, -0.2) is 72.5 Å². The molecule has 2 aliphatic heterocycles. The lowest BCUT2D eigenvalue weighted by Gasteiger charge is -2.34. The summed E-state index contributed by atoms with van der Waals surface area (Å²) in [5, 5.41) is 16.0. The van der Waals surface area contributed by atoms with Gasteiger partial charge in [-0.15, -0.1) is 0 Å². The molecule has 3 N–H and O–H groups in total. The molecule has 0 aromatic carbocycles. The van der Waals surface area contributed by atoms with E-state index in [2.05, 4.69) is 25.4 Å². The molecule has 3 aliphatic rings. The van der Waals surface area contributed by atoms with Crippen molar-refractivity contribution in [3.63, 3.8) is 0 Å². The predicted molar refractivity (Wildman–Crippen MR) is 137 cm³/mol. The molecule has 1 amide bonds. The number of aromatic nitrogens is 2. The van der Waals surface area contributed by atoms with Crippen molar-refractivity contribution < 1.29 is 14.6 Å². The number of amides is 1. The van der Waals surface area contributed by atoms with E-state index in [0.717, 1.165) is 44.8 Å². The Balaban J connectivity index is 1.38. The van der Waals surface area contributed by atoms with E-state index in [1.165, 1.54) is 12.8 Å². The average Bonchev–Trinajstić information content (AvgIpc) is 3.63. The average molecular weight is 481 g/mol. The second-order valence-corrected chi connectivity index (χ2v) is 10.7. The van der Waals surface area contributed by atoms with Crippen LogP contribution in [0.4, 0.5) is 23.3 Å². The predicted octanol–water partition coefficient (Wildman–Crippen LogP) is 3.13. The number of morpholine rings is 1. The molecule has 0 unspecified atom stereocenters. The molecule has 2 saturated heterocycles. The summed E-state index contributed by atoms with van der Waals surface area (Å²) < 4.78 is 5.44. The third-order valence-electron chi connectivity index (χ3n) is 7.37. The minimum absolute atomic E-state index is 0.0242. The SMILES string of the molecule is CC(C)(CO)Nc1ccc(C(=O)Nc2cccc(N3CCOCC3)n2)c(N2CCC3(CC2)CC3)n1. The third kappa shape index (κ3) is 5.51.